The number of rotatable bonds is 4. The molecule has 1 rings (SSSR count). The maximum Gasteiger partial charge on any atom is 0.302 e. The van der Waals surface area contributed by atoms with E-state index in [0.717, 1.165) is 5.75 Å². The van der Waals surface area contributed by atoms with Crippen molar-refractivity contribution in [2.24, 2.45) is 0 Å². The summed E-state index contributed by atoms with van der Waals surface area (Å²) in [4.78, 5) is 10.7. The van der Waals surface area contributed by atoms with Crippen molar-refractivity contribution >= 4 is 5.97 Å². The van der Waals surface area contributed by atoms with Crippen LogP contribution in [0.3, 0.4) is 0 Å². The Hall–Kier alpha value is -1.51. The molecular formula is C12H16O3. The van der Waals surface area contributed by atoms with E-state index in [1.165, 1.54) is 6.92 Å². The van der Waals surface area contributed by atoms with E-state index in [0.29, 0.717) is 0 Å². The Kier molecular flexibility index (Phi) is 3.72. The van der Waals surface area contributed by atoms with Crippen molar-refractivity contribution < 1.29 is 14.3 Å². The third kappa shape index (κ3) is 4.49. The van der Waals surface area contributed by atoms with Gasteiger partial charge in [0.1, 0.15) is 18.0 Å². The van der Waals surface area contributed by atoms with E-state index in [2.05, 4.69) is 0 Å². The quantitative estimate of drug-likeness (QED) is 0.713. The van der Waals surface area contributed by atoms with Crippen molar-refractivity contribution in [3.63, 3.8) is 0 Å². The van der Waals surface area contributed by atoms with Crippen LogP contribution in [0.4, 0.5) is 0 Å². The lowest BCUT2D eigenvalue weighted by atomic mass is 10.1. The second kappa shape index (κ2) is 4.82. The van der Waals surface area contributed by atoms with E-state index in [1.54, 1.807) is 0 Å². The molecule has 0 spiro atoms. The standard InChI is InChI=1S/C12H16O3/c1-10(13)14-9-12(2,3)15-11-7-5-4-6-8-11/h4-8H,9H2,1-3H3. The molecule has 0 N–H and O–H groups in total. The monoisotopic (exact) mass is 208 g/mol. The fourth-order valence-corrected chi connectivity index (χ4v) is 1.11. The molecule has 0 fully saturated rings. The minimum absolute atomic E-state index is 0.247. The lowest BCUT2D eigenvalue weighted by Crippen LogP contribution is -2.34. The molecule has 3 heteroatoms. The molecule has 0 heterocycles. The minimum Gasteiger partial charge on any atom is -0.484 e. The van der Waals surface area contributed by atoms with Gasteiger partial charge in [0, 0.05) is 6.92 Å². The number of para-hydroxylation sites is 1. The second-order valence-electron chi connectivity index (χ2n) is 3.96. The molecule has 15 heavy (non-hydrogen) atoms. The van der Waals surface area contributed by atoms with Gasteiger partial charge in [-0.05, 0) is 26.0 Å². The van der Waals surface area contributed by atoms with Crippen molar-refractivity contribution in [1.29, 1.82) is 0 Å². The first-order valence-corrected chi connectivity index (χ1v) is 4.87. The van der Waals surface area contributed by atoms with Gasteiger partial charge in [-0.15, -0.1) is 0 Å². The highest BCUT2D eigenvalue weighted by molar-refractivity contribution is 5.65. The van der Waals surface area contributed by atoms with Gasteiger partial charge in [0.25, 0.3) is 0 Å². The smallest absolute Gasteiger partial charge is 0.302 e. The van der Waals surface area contributed by atoms with Crippen LogP contribution in [0.1, 0.15) is 20.8 Å². The maximum absolute atomic E-state index is 10.7. The number of hydrogen-bond acceptors (Lipinski definition) is 3. The molecule has 0 bridgehead atoms. The van der Waals surface area contributed by atoms with Gasteiger partial charge in [-0.1, -0.05) is 18.2 Å². The number of esters is 1. The Labute approximate surface area is 90.0 Å². The van der Waals surface area contributed by atoms with Gasteiger partial charge in [-0.3, -0.25) is 4.79 Å². The number of benzene rings is 1. The molecule has 0 aliphatic heterocycles. The molecule has 1 aromatic rings. The zero-order valence-corrected chi connectivity index (χ0v) is 9.32. The van der Waals surface area contributed by atoms with Crippen LogP contribution in [0.2, 0.25) is 0 Å². The maximum atomic E-state index is 10.7. The van der Waals surface area contributed by atoms with E-state index in [4.69, 9.17) is 9.47 Å². The van der Waals surface area contributed by atoms with E-state index in [1.807, 2.05) is 44.2 Å². The Morgan fingerprint density at radius 1 is 1.27 bits per heavy atom. The molecular weight excluding hydrogens is 192 g/mol. The lowest BCUT2D eigenvalue weighted by Gasteiger charge is -2.25. The Morgan fingerprint density at radius 3 is 2.40 bits per heavy atom. The van der Waals surface area contributed by atoms with E-state index in [9.17, 15) is 4.79 Å². The summed E-state index contributed by atoms with van der Waals surface area (Å²) < 4.78 is 10.6. The fraction of sp³-hybridized carbons (Fsp3) is 0.417. The van der Waals surface area contributed by atoms with Crippen molar-refractivity contribution in [3.8, 4) is 5.75 Å². The van der Waals surface area contributed by atoms with Crippen molar-refractivity contribution in [2.45, 2.75) is 26.4 Å². The highest BCUT2D eigenvalue weighted by Gasteiger charge is 2.21. The summed E-state index contributed by atoms with van der Waals surface area (Å²) in [5.74, 6) is 0.481. The molecule has 0 unspecified atom stereocenters. The molecule has 82 valence electrons. The van der Waals surface area contributed by atoms with Crippen LogP contribution in [-0.4, -0.2) is 18.2 Å². The van der Waals surface area contributed by atoms with Crippen LogP contribution in [0.25, 0.3) is 0 Å². The first kappa shape index (κ1) is 11.6. The molecule has 0 aromatic heterocycles. The van der Waals surface area contributed by atoms with E-state index >= 15 is 0 Å². The average Bonchev–Trinajstić information content (AvgIpc) is 2.16. The zero-order chi connectivity index (χ0) is 11.3. The molecule has 0 saturated heterocycles. The van der Waals surface area contributed by atoms with E-state index in [-0.39, 0.29) is 12.6 Å². The molecule has 0 aliphatic rings. The summed E-state index contributed by atoms with van der Waals surface area (Å²) >= 11 is 0. The van der Waals surface area contributed by atoms with Gasteiger partial charge < -0.3 is 9.47 Å². The predicted octanol–water partition coefficient (Wildman–Crippen LogP) is 2.41. The van der Waals surface area contributed by atoms with Crippen LogP contribution in [0.15, 0.2) is 30.3 Å². The molecule has 0 amide bonds. The van der Waals surface area contributed by atoms with Crippen LogP contribution in [-0.2, 0) is 9.53 Å². The van der Waals surface area contributed by atoms with Crippen LogP contribution < -0.4 is 4.74 Å². The highest BCUT2D eigenvalue weighted by atomic mass is 16.6. The molecule has 0 radical (unpaired) electrons. The van der Waals surface area contributed by atoms with Gasteiger partial charge in [-0.25, -0.2) is 0 Å². The summed E-state index contributed by atoms with van der Waals surface area (Å²) in [5, 5.41) is 0. The van der Waals surface area contributed by atoms with Gasteiger partial charge in [0.2, 0.25) is 0 Å². The first-order valence-electron chi connectivity index (χ1n) is 4.87. The zero-order valence-electron chi connectivity index (χ0n) is 9.32. The SMILES string of the molecule is CC(=O)OCC(C)(C)Oc1ccccc1. The average molecular weight is 208 g/mol. The predicted molar refractivity (Wildman–Crippen MR) is 57.8 cm³/mol. The Morgan fingerprint density at radius 2 is 1.87 bits per heavy atom. The minimum atomic E-state index is -0.507. The van der Waals surface area contributed by atoms with Gasteiger partial charge in [0.05, 0.1) is 0 Å². The van der Waals surface area contributed by atoms with Gasteiger partial charge in [0.15, 0.2) is 0 Å². The highest BCUT2D eigenvalue weighted by Crippen LogP contribution is 2.17. The van der Waals surface area contributed by atoms with Crippen LogP contribution >= 0.6 is 0 Å². The van der Waals surface area contributed by atoms with Crippen LogP contribution in [0, 0.1) is 0 Å². The normalized spacial score (nSPS) is 10.9. The fourth-order valence-electron chi connectivity index (χ4n) is 1.11. The molecule has 0 atom stereocenters. The number of hydrogen-bond donors (Lipinski definition) is 0. The largest absolute Gasteiger partial charge is 0.484 e. The van der Waals surface area contributed by atoms with Gasteiger partial charge in [-0.2, -0.15) is 0 Å². The third-order valence-electron chi connectivity index (χ3n) is 1.76. The van der Waals surface area contributed by atoms with E-state index < -0.39 is 5.60 Å². The second-order valence-corrected chi connectivity index (χ2v) is 3.96. The first-order chi connectivity index (χ1) is 6.99. The summed E-state index contributed by atoms with van der Waals surface area (Å²) in [6, 6.07) is 9.46. The van der Waals surface area contributed by atoms with Crippen molar-refractivity contribution in [3.05, 3.63) is 30.3 Å². The summed E-state index contributed by atoms with van der Waals surface area (Å²) in [5.41, 5.74) is -0.507. The summed E-state index contributed by atoms with van der Waals surface area (Å²) in [6.07, 6.45) is 0. The van der Waals surface area contributed by atoms with Crippen molar-refractivity contribution in [2.75, 3.05) is 6.61 Å². The Balaban J connectivity index is 2.52. The molecule has 3 nitrogen and oxygen atoms in total. The number of carbonyl (C=O) groups is 1. The lowest BCUT2D eigenvalue weighted by molar-refractivity contribution is -0.146. The summed E-state index contributed by atoms with van der Waals surface area (Å²) in [7, 11) is 0. The van der Waals surface area contributed by atoms with Gasteiger partial charge >= 0.3 is 5.97 Å². The van der Waals surface area contributed by atoms with Crippen molar-refractivity contribution in [1.82, 2.24) is 0 Å². The number of carbonyl (C=O) groups excluding carboxylic acids is 1. The topological polar surface area (TPSA) is 35.5 Å². The molecule has 0 aliphatic carbocycles. The summed E-state index contributed by atoms with van der Waals surface area (Å²) in [6.45, 7) is 5.39. The molecule has 1 aromatic carbocycles. The third-order valence-corrected chi connectivity index (χ3v) is 1.76. The number of ether oxygens (including phenoxy) is 2. The molecule has 0 saturated carbocycles. The Bertz CT molecular complexity index is 317. The van der Waals surface area contributed by atoms with Crippen LogP contribution in [0.5, 0.6) is 5.75 Å².